The summed E-state index contributed by atoms with van der Waals surface area (Å²) < 4.78 is 12.1. The fraction of sp³-hybridized carbons (Fsp3) is 0.600. The molecule has 0 aliphatic carbocycles. The second-order valence-corrected chi connectivity index (χ2v) is 2.51. The van der Waals surface area contributed by atoms with Crippen LogP contribution in [0.25, 0.3) is 0 Å². The third-order valence-corrected chi connectivity index (χ3v) is 1.40. The minimum Gasteiger partial charge on any atom is -0.351 e. The van der Waals surface area contributed by atoms with E-state index in [0.29, 0.717) is 6.54 Å². The number of amides is 1. The van der Waals surface area contributed by atoms with E-state index in [1.807, 2.05) is 0 Å². The molecular formula is C5H7ClFN5O. The van der Waals surface area contributed by atoms with Crippen molar-refractivity contribution in [3.8, 4) is 0 Å². The van der Waals surface area contributed by atoms with Gasteiger partial charge in [-0.15, -0.1) is 10.2 Å². The number of hydrogen-bond donors (Lipinski definition) is 1. The Morgan fingerprint density at radius 1 is 1.77 bits per heavy atom. The molecule has 13 heavy (non-hydrogen) atoms. The molecule has 1 amide bonds. The average molecular weight is 208 g/mol. The van der Waals surface area contributed by atoms with Gasteiger partial charge in [-0.3, -0.25) is 4.79 Å². The highest BCUT2D eigenvalue weighted by Gasteiger charge is 2.11. The Bertz CT molecular complexity index is 264. The predicted octanol–water partition coefficient (Wildman–Crippen LogP) is -0.676. The molecule has 1 unspecified atom stereocenters. The monoisotopic (exact) mass is 207 g/mol. The Balaban J connectivity index is 2.18. The molecular weight excluding hydrogens is 201 g/mol. The van der Waals surface area contributed by atoms with Crippen molar-refractivity contribution in [2.24, 2.45) is 0 Å². The van der Waals surface area contributed by atoms with E-state index in [9.17, 15) is 9.18 Å². The summed E-state index contributed by atoms with van der Waals surface area (Å²) in [5, 5.41) is 12.9. The Morgan fingerprint density at radius 3 is 3.08 bits per heavy atom. The SMILES string of the molecule is O=C(NCCn1ncnn1)C(F)Cl. The first kappa shape index (κ1) is 9.85. The van der Waals surface area contributed by atoms with E-state index in [4.69, 9.17) is 11.6 Å². The molecule has 0 saturated carbocycles. The zero-order chi connectivity index (χ0) is 9.68. The van der Waals surface area contributed by atoms with Crippen LogP contribution in [0.3, 0.4) is 0 Å². The van der Waals surface area contributed by atoms with Crippen molar-refractivity contribution < 1.29 is 9.18 Å². The van der Waals surface area contributed by atoms with Crippen LogP contribution in [0.1, 0.15) is 0 Å². The van der Waals surface area contributed by atoms with Gasteiger partial charge in [-0.25, -0.2) is 4.39 Å². The van der Waals surface area contributed by atoms with Crippen molar-refractivity contribution >= 4 is 17.5 Å². The van der Waals surface area contributed by atoms with E-state index < -0.39 is 11.5 Å². The molecule has 1 N–H and O–H groups in total. The maximum absolute atomic E-state index is 12.1. The molecule has 6 nitrogen and oxygen atoms in total. The van der Waals surface area contributed by atoms with Crippen LogP contribution in [-0.4, -0.2) is 38.3 Å². The third kappa shape index (κ3) is 3.32. The van der Waals surface area contributed by atoms with Crippen molar-refractivity contribution in [2.45, 2.75) is 12.2 Å². The van der Waals surface area contributed by atoms with Gasteiger partial charge in [0.15, 0.2) is 6.33 Å². The number of tetrazole rings is 1. The quantitative estimate of drug-likeness (QED) is 0.665. The Morgan fingerprint density at radius 2 is 2.54 bits per heavy atom. The molecule has 1 rings (SSSR count). The molecule has 0 spiro atoms. The molecule has 1 aromatic heterocycles. The van der Waals surface area contributed by atoms with Crippen LogP contribution >= 0.6 is 11.6 Å². The zero-order valence-corrected chi connectivity index (χ0v) is 7.28. The van der Waals surface area contributed by atoms with Crippen LogP contribution < -0.4 is 5.32 Å². The van der Waals surface area contributed by atoms with Crippen LogP contribution in [0.15, 0.2) is 6.33 Å². The van der Waals surface area contributed by atoms with Crippen LogP contribution in [0.5, 0.6) is 0 Å². The summed E-state index contributed by atoms with van der Waals surface area (Å²) >= 11 is 4.86. The fourth-order valence-corrected chi connectivity index (χ4v) is 0.724. The Labute approximate surface area is 78.1 Å². The smallest absolute Gasteiger partial charge is 0.270 e. The van der Waals surface area contributed by atoms with Gasteiger partial charge in [0.1, 0.15) is 0 Å². The Kier molecular flexibility index (Phi) is 3.56. The molecule has 0 aliphatic heterocycles. The molecule has 8 heteroatoms. The van der Waals surface area contributed by atoms with E-state index >= 15 is 0 Å². The van der Waals surface area contributed by atoms with Gasteiger partial charge in [0.2, 0.25) is 0 Å². The lowest BCUT2D eigenvalue weighted by Crippen LogP contribution is -2.32. The lowest BCUT2D eigenvalue weighted by atomic mass is 10.6. The lowest BCUT2D eigenvalue weighted by molar-refractivity contribution is -0.123. The third-order valence-electron chi connectivity index (χ3n) is 1.20. The Hall–Kier alpha value is -1.24. The summed E-state index contributed by atoms with van der Waals surface area (Å²) in [7, 11) is 0. The standard InChI is InChI=1S/C5H7ClFN5O/c6-4(7)5(13)8-1-2-12-10-3-9-11-12/h3-4H,1-2H2,(H,8,13). The lowest BCUT2D eigenvalue weighted by Gasteiger charge is -2.02. The molecule has 0 aliphatic rings. The maximum Gasteiger partial charge on any atom is 0.270 e. The molecule has 1 aromatic rings. The number of alkyl halides is 2. The van der Waals surface area contributed by atoms with Crippen LogP contribution in [0, 0.1) is 0 Å². The predicted molar refractivity (Wildman–Crippen MR) is 41.6 cm³/mol. The summed E-state index contributed by atoms with van der Waals surface area (Å²) in [6, 6.07) is 0. The van der Waals surface area contributed by atoms with Crippen molar-refractivity contribution in [1.82, 2.24) is 25.5 Å². The summed E-state index contributed by atoms with van der Waals surface area (Å²) in [5.41, 5.74) is -2.01. The minimum absolute atomic E-state index is 0.211. The summed E-state index contributed by atoms with van der Waals surface area (Å²) in [4.78, 5) is 11.9. The van der Waals surface area contributed by atoms with Crippen molar-refractivity contribution in [3.63, 3.8) is 0 Å². The molecule has 0 aromatic carbocycles. The van der Waals surface area contributed by atoms with Crippen LogP contribution in [-0.2, 0) is 11.3 Å². The second kappa shape index (κ2) is 4.70. The van der Waals surface area contributed by atoms with Crippen molar-refractivity contribution in [3.05, 3.63) is 6.33 Å². The van der Waals surface area contributed by atoms with Gasteiger partial charge in [-0.05, 0) is 5.21 Å². The van der Waals surface area contributed by atoms with E-state index in [2.05, 4.69) is 20.7 Å². The summed E-state index contributed by atoms with van der Waals surface area (Å²) in [6.07, 6.45) is 1.27. The van der Waals surface area contributed by atoms with Gasteiger partial charge in [0, 0.05) is 6.54 Å². The minimum atomic E-state index is -2.01. The normalized spacial score (nSPS) is 12.5. The summed E-state index contributed by atoms with van der Waals surface area (Å²) in [5.74, 6) is -0.859. The molecule has 1 atom stereocenters. The molecule has 0 saturated heterocycles. The number of aromatic nitrogens is 4. The molecule has 0 fully saturated rings. The highest BCUT2D eigenvalue weighted by Crippen LogP contribution is 1.94. The highest BCUT2D eigenvalue weighted by molar-refractivity contribution is 6.29. The van der Waals surface area contributed by atoms with Gasteiger partial charge in [0.05, 0.1) is 6.54 Å². The van der Waals surface area contributed by atoms with E-state index in [-0.39, 0.29) is 6.54 Å². The topological polar surface area (TPSA) is 72.7 Å². The maximum atomic E-state index is 12.1. The van der Waals surface area contributed by atoms with Crippen LogP contribution in [0.2, 0.25) is 0 Å². The van der Waals surface area contributed by atoms with E-state index in [1.54, 1.807) is 0 Å². The number of hydrogen-bond acceptors (Lipinski definition) is 4. The van der Waals surface area contributed by atoms with Gasteiger partial charge in [-0.1, -0.05) is 11.6 Å². The number of nitrogens with zero attached hydrogens (tertiary/aromatic N) is 4. The number of carbonyl (C=O) groups excluding carboxylic acids is 1. The fourth-order valence-electron chi connectivity index (χ4n) is 0.647. The number of carbonyl (C=O) groups is 1. The van der Waals surface area contributed by atoms with Crippen LogP contribution in [0.4, 0.5) is 4.39 Å². The highest BCUT2D eigenvalue weighted by atomic mass is 35.5. The molecule has 0 radical (unpaired) electrons. The molecule has 72 valence electrons. The van der Waals surface area contributed by atoms with E-state index in [1.165, 1.54) is 11.1 Å². The van der Waals surface area contributed by atoms with Crippen molar-refractivity contribution in [2.75, 3.05) is 6.54 Å². The van der Waals surface area contributed by atoms with Gasteiger partial charge < -0.3 is 5.32 Å². The van der Waals surface area contributed by atoms with Crippen molar-refractivity contribution in [1.29, 1.82) is 0 Å². The summed E-state index contributed by atoms with van der Waals surface area (Å²) in [6.45, 7) is 0.539. The molecule has 1 heterocycles. The first-order valence-corrected chi connectivity index (χ1v) is 3.90. The zero-order valence-electron chi connectivity index (χ0n) is 6.52. The first-order valence-electron chi connectivity index (χ1n) is 3.47. The number of rotatable bonds is 4. The second-order valence-electron chi connectivity index (χ2n) is 2.12. The number of halogens is 2. The van der Waals surface area contributed by atoms with E-state index in [0.717, 1.165) is 0 Å². The first-order chi connectivity index (χ1) is 6.20. The van der Waals surface area contributed by atoms with Gasteiger partial charge in [0.25, 0.3) is 11.5 Å². The largest absolute Gasteiger partial charge is 0.351 e. The average Bonchev–Trinajstić information content (AvgIpc) is 2.56. The number of nitrogens with one attached hydrogen (secondary N) is 1. The van der Waals surface area contributed by atoms with Gasteiger partial charge >= 0.3 is 0 Å². The van der Waals surface area contributed by atoms with Gasteiger partial charge in [-0.2, -0.15) is 4.80 Å². The molecule has 0 bridgehead atoms.